The highest BCUT2D eigenvalue weighted by Crippen LogP contribution is 2.31. The molecule has 0 aliphatic rings. The zero-order valence-corrected chi connectivity index (χ0v) is 13.7. The van der Waals surface area contributed by atoms with E-state index in [-0.39, 0.29) is 5.91 Å². The fourth-order valence-corrected chi connectivity index (χ4v) is 2.03. The molecule has 1 amide bonds. The fourth-order valence-electron chi connectivity index (χ4n) is 2.03. The van der Waals surface area contributed by atoms with Crippen LogP contribution in [0.1, 0.15) is 37.0 Å². The van der Waals surface area contributed by atoms with Gasteiger partial charge in [-0.25, -0.2) is 0 Å². The van der Waals surface area contributed by atoms with E-state index in [0.717, 1.165) is 12.8 Å². The highest BCUT2D eigenvalue weighted by atomic mass is 16.5. The molecule has 0 fully saturated rings. The molecule has 122 valence electrons. The Labute approximate surface area is 137 Å². The lowest BCUT2D eigenvalue weighted by Gasteiger charge is -2.14. The van der Waals surface area contributed by atoms with Crippen molar-refractivity contribution in [2.24, 2.45) is 0 Å². The molecule has 0 radical (unpaired) electrons. The number of hydrogen-bond acceptors (Lipinski definition) is 3. The molecule has 0 saturated carbocycles. The summed E-state index contributed by atoms with van der Waals surface area (Å²) < 4.78 is 11.4. The minimum atomic E-state index is -0.144. The topological polar surface area (TPSA) is 47.6 Å². The summed E-state index contributed by atoms with van der Waals surface area (Å²) in [6.45, 7) is 5.35. The van der Waals surface area contributed by atoms with Gasteiger partial charge in [0.25, 0.3) is 5.91 Å². The number of amides is 1. The van der Waals surface area contributed by atoms with Gasteiger partial charge in [-0.15, -0.1) is 0 Å². The van der Waals surface area contributed by atoms with Crippen LogP contribution in [0.5, 0.6) is 11.5 Å². The summed E-state index contributed by atoms with van der Waals surface area (Å²) in [4.78, 5) is 12.2. The third kappa shape index (κ3) is 5.02. The number of hydrogen-bond donors (Lipinski definition) is 1. The van der Waals surface area contributed by atoms with Crippen molar-refractivity contribution in [3.05, 3.63) is 54.1 Å². The van der Waals surface area contributed by atoms with Crippen LogP contribution in [0.2, 0.25) is 0 Å². The Bertz CT molecular complexity index is 626. The van der Waals surface area contributed by atoms with Crippen molar-refractivity contribution in [2.75, 3.05) is 18.5 Å². The molecule has 2 rings (SSSR count). The van der Waals surface area contributed by atoms with Gasteiger partial charge in [-0.1, -0.05) is 32.0 Å². The summed E-state index contributed by atoms with van der Waals surface area (Å²) in [5.41, 5.74) is 1.31. The lowest BCUT2D eigenvalue weighted by molar-refractivity contribution is 0.102. The molecule has 0 saturated heterocycles. The van der Waals surface area contributed by atoms with Crippen LogP contribution >= 0.6 is 0 Å². The standard InChI is InChI=1S/C19H23NO3/c1-3-12-22-17-11-10-16(14-18(17)23-13-4-2)20-19(21)15-8-6-5-7-9-15/h5-11,14H,3-4,12-13H2,1-2H3,(H,20,21). The molecular weight excluding hydrogens is 290 g/mol. The molecule has 2 aromatic carbocycles. The molecule has 4 heteroatoms. The Kier molecular flexibility index (Phi) is 6.48. The van der Waals surface area contributed by atoms with E-state index in [1.54, 1.807) is 12.1 Å². The highest BCUT2D eigenvalue weighted by Gasteiger charge is 2.10. The van der Waals surface area contributed by atoms with Gasteiger partial charge in [0.2, 0.25) is 0 Å². The Morgan fingerprint density at radius 1 is 0.913 bits per heavy atom. The third-order valence-corrected chi connectivity index (χ3v) is 3.16. The zero-order valence-electron chi connectivity index (χ0n) is 13.7. The molecule has 0 unspecified atom stereocenters. The first-order valence-corrected chi connectivity index (χ1v) is 8.00. The van der Waals surface area contributed by atoms with Crippen LogP contribution in [0.4, 0.5) is 5.69 Å². The lowest BCUT2D eigenvalue weighted by Crippen LogP contribution is -2.12. The molecule has 0 bridgehead atoms. The minimum absolute atomic E-state index is 0.144. The molecule has 0 heterocycles. The van der Waals surface area contributed by atoms with E-state index in [2.05, 4.69) is 12.2 Å². The van der Waals surface area contributed by atoms with Crippen LogP contribution in [0.3, 0.4) is 0 Å². The number of benzene rings is 2. The van der Waals surface area contributed by atoms with Gasteiger partial charge in [0.05, 0.1) is 13.2 Å². The van der Waals surface area contributed by atoms with Crippen LogP contribution in [-0.4, -0.2) is 19.1 Å². The van der Waals surface area contributed by atoms with E-state index in [0.29, 0.717) is 36.0 Å². The van der Waals surface area contributed by atoms with Crippen molar-refractivity contribution in [3.8, 4) is 11.5 Å². The van der Waals surface area contributed by atoms with Crippen molar-refractivity contribution in [1.29, 1.82) is 0 Å². The van der Waals surface area contributed by atoms with Gasteiger partial charge in [0.1, 0.15) is 0 Å². The van der Waals surface area contributed by atoms with E-state index in [1.165, 1.54) is 0 Å². The van der Waals surface area contributed by atoms with Crippen LogP contribution in [-0.2, 0) is 0 Å². The maximum Gasteiger partial charge on any atom is 0.255 e. The first-order chi connectivity index (χ1) is 11.2. The number of anilines is 1. The van der Waals surface area contributed by atoms with Gasteiger partial charge in [-0.05, 0) is 37.1 Å². The third-order valence-electron chi connectivity index (χ3n) is 3.16. The van der Waals surface area contributed by atoms with E-state index >= 15 is 0 Å². The maximum atomic E-state index is 12.2. The van der Waals surface area contributed by atoms with Gasteiger partial charge in [0, 0.05) is 17.3 Å². The Hall–Kier alpha value is -2.49. The van der Waals surface area contributed by atoms with Gasteiger partial charge < -0.3 is 14.8 Å². The van der Waals surface area contributed by atoms with Gasteiger partial charge in [-0.2, -0.15) is 0 Å². The molecular formula is C19H23NO3. The predicted octanol–water partition coefficient (Wildman–Crippen LogP) is 4.52. The Morgan fingerprint density at radius 2 is 1.57 bits per heavy atom. The van der Waals surface area contributed by atoms with Crippen LogP contribution in [0.25, 0.3) is 0 Å². The molecule has 0 spiro atoms. The van der Waals surface area contributed by atoms with Crippen LogP contribution in [0.15, 0.2) is 48.5 Å². The van der Waals surface area contributed by atoms with Gasteiger partial charge in [0.15, 0.2) is 11.5 Å². The Balaban J connectivity index is 2.13. The van der Waals surface area contributed by atoms with Crippen LogP contribution in [0, 0.1) is 0 Å². The Morgan fingerprint density at radius 3 is 2.22 bits per heavy atom. The molecule has 0 atom stereocenters. The summed E-state index contributed by atoms with van der Waals surface area (Å²) in [7, 11) is 0. The first kappa shape index (κ1) is 16.9. The normalized spacial score (nSPS) is 10.2. The maximum absolute atomic E-state index is 12.2. The lowest BCUT2D eigenvalue weighted by atomic mass is 10.2. The number of ether oxygens (including phenoxy) is 2. The summed E-state index contributed by atoms with van der Waals surface area (Å²) in [5.74, 6) is 1.22. The second-order valence-corrected chi connectivity index (χ2v) is 5.18. The van der Waals surface area contributed by atoms with E-state index < -0.39 is 0 Å². The summed E-state index contributed by atoms with van der Waals surface area (Å²) >= 11 is 0. The van der Waals surface area contributed by atoms with Crippen molar-refractivity contribution in [1.82, 2.24) is 0 Å². The molecule has 0 aromatic heterocycles. The predicted molar refractivity (Wildman–Crippen MR) is 92.4 cm³/mol. The minimum Gasteiger partial charge on any atom is -0.490 e. The number of nitrogens with one attached hydrogen (secondary N) is 1. The van der Waals surface area contributed by atoms with E-state index in [1.807, 2.05) is 43.3 Å². The molecule has 2 aromatic rings. The number of carbonyl (C=O) groups excluding carboxylic acids is 1. The van der Waals surface area contributed by atoms with Crippen molar-refractivity contribution < 1.29 is 14.3 Å². The number of rotatable bonds is 8. The van der Waals surface area contributed by atoms with E-state index in [4.69, 9.17) is 9.47 Å². The average Bonchev–Trinajstić information content (AvgIpc) is 2.59. The molecule has 4 nitrogen and oxygen atoms in total. The quantitative estimate of drug-likeness (QED) is 0.779. The second kappa shape index (κ2) is 8.83. The van der Waals surface area contributed by atoms with Crippen LogP contribution < -0.4 is 14.8 Å². The van der Waals surface area contributed by atoms with Gasteiger partial charge >= 0.3 is 0 Å². The monoisotopic (exact) mass is 313 g/mol. The summed E-state index contributed by atoms with van der Waals surface area (Å²) in [6.07, 6.45) is 1.84. The van der Waals surface area contributed by atoms with E-state index in [9.17, 15) is 4.79 Å². The summed E-state index contributed by atoms with van der Waals surface area (Å²) in [5, 5.41) is 2.88. The fraction of sp³-hybridized carbons (Fsp3) is 0.316. The molecule has 1 N–H and O–H groups in total. The molecule has 0 aliphatic heterocycles. The largest absolute Gasteiger partial charge is 0.490 e. The molecule has 23 heavy (non-hydrogen) atoms. The molecule has 0 aliphatic carbocycles. The summed E-state index contributed by atoms with van der Waals surface area (Å²) in [6, 6.07) is 14.6. The number of carbonyl (C=O) groups is 1. The second-order valence-electron chi connectivity index (χ2n) is 5.18. The smallest absolute Gasteiger partial charge is 0.255 e. The van der Waals surface area contributed by atoms with Gasteiger partial charge in [-0.3, -0.25) is 4.79 Å². The van der Waals surface area contributed by atoms with Crippen molar-refractivity contribution in [3.63, 3.8) is 0 Å². The van der Waals surface area contributed by atoms with Crippen molar-refractivity contribution >= 4 is 11.6 Å². The highest BCUT2D eigenvalue weighted by molar-refractivity contribution is 6.04. The zero-order chi connectivity index (χ0) is 16.5. The average molecular weight is 313 g/mol. The van der Waals surface area contributed by atoms with Crippen molar-refractivity contribution in [2.45, 2.75) is 26.7 Å². The SMILES string of the molecule is CCCOc1ccc(NC(=O)c2ccccc2)cc1OCCC. The first-order valence-electron chi connectivity index (χ1n) is 8.00.